The van der Waals surface area contributed by atoms with Crippen molar-refractivity contribution in [2.75, 3.05) is 19.8 Å². The van der Waals surface area contributed by atoms with E-state index in [1.807, 2.05) is 44.2 Å². The maximum atomic E-state index is 9.89. The summed E-state index contributed by atoms with van der Waals surface area (Å²) in [6.07, 6.45) is -0.453. The molecule has 0 aromatic heterocycles. The van der Waals surface area contributed by atoms with E-state index in [-0.39, 0.29) is 6.04 Å². The third kappa shape index (κ3) is 4.75. The third-order valence-corrected chi connectivity index (χ3v) is 2.42. The van der Waals surface area contributed by atoms with Gasteiger partial charge in [0.1, 0.15) is 0 Å². The number of aliphatic hydroxyl groups excluding tert-OH is 1. The number of ether oxygens (including phenoxy) is 1. The molecule has 0 bridgehead atoms. The zero-order valence-corrected chi connectivity index (χ0v) is 10.0. The summed E-state index contributed by atoms with van der Waals surface area (Å²) < 4.78 is 5.29. The largest absolute Gasteiger partial charge is 0.387 e. The summed E-state index contributed by atoms with van der Waals surface area (Å²) in [5.41, 5.74) is 0.943. The highest BCUT2D eigenvalue weighted by Gasteiger charge is 2.08. The van der Waals surface area contributed by atoms with Crippen molar-refractivity contribution < 1.29 is 9.84 Å². The van der Waals surface area contributed by atoms with Crippen LogP contribution < -0.4 is 5.32 Å². The molecule has 0 amide bonds. The molecule has 1 rings (SSSR count). The van der Waals surface area contributed by atoms with Crippen LogP contribution in [0.1, 0.15) is 25.5 Å². The Hall–Kier alpha value is -0.900. The Bertz CT molecular complexity index is 277. The first-order valence-electron chi connectivity index (χ1n) is 5.78. The molecule has 0 radical (unpaired) electrons. The van der Waals surface area contributed by atoms with E-state index >= 15 is 0 Å². The van der Waals surface area contributed by atoms with Crippen LogP contribution in [0.25, 0.3) is 0 Å². The van der Waals surface area contributed by atoms with Crippen LogP contribution in [0.5, 0.6) is 0 Å². The molecule has 0 saturated carbocycles. The summed E-state index contributed by atoms with van der Waals surface area (Å²) >= 11 is 0. The van der Waals surface area contributed by atoms with Gasteiger partial charge in [-0.1, -0.05) is 30.3 Å². The number of aliphatic hydroxyl groups is 1. The second-order valence-corrected chi connectivity index (χ2v) is 3.90. The molecular weight excluding hydrogens is 202 g/mol. The van der Waals surface area contributed by atoms with Gasteiger partial charge in [-0.05, 0) is 19.4 Å². The van der Waals surface area contributed by atoms with Crippen molar-refractivity contribution >= 4 is 0 Å². The number of rotatable bonds is 7. The average Bonchev–Trinajstić information content (AvgIpc) is 2.34. The smallest absolute Gasteiger partial charge is 0.0914 e. The predicted octanol–water partition coefficient (Wildman–Crippen LogP) is 1.73. The number of hydrogen-bond donors (Lipinski definition) is 2. The van der Waals surface area contributed by atoms with Crippen LogP contribution >= 0.6 is 0 Å². The minimum absolute atomic E-state index is 0.262. The standard InChI is InChI=1S/C13H21NO2/c1-3-16-10-11(2)14-9-13(15)12-7-5-4-6-8-12/h4-8,11,13-15H,3,9-10H2,1-2H3. The topological polar surface area (TPSA) is 41.5 Å². The second-order valence-electron chi connectivity index (χ2n) is 3.90. The molecule has 0 aliphatic carbocycles. The minimum Gasteiger partial charge on any atom is -0.387 e. The van der Waals surface area contributed by atoms with E-state index in [9.17, 15) is 5.11 Å². The molecule has 1 aromatic rings. The SMILES string of the molecule is CCOCC(C)NCC(O)c1ccccc1. The maximum Gasteiger partial charge on any atom is 0.0914 e. The molecule has 1 aromatic carbocycles. The molecule has 0 spiro atoms. The highest BCUT2D eigenvalue weighted by atomic mass is 16.5. The van der Waals surface area contributed by atoms with Gasteiger partial charge in [0, 0.05) is 19.2 Å². The number of benzene rings is 1. The Morgan fingerprint density at radius 2 is 2.00 bits per heavy atom. The highest BCUT2D eigenvalue weighted by molar-refractivity contribution is 5.17. The summed E-state index contributed by atoms with van der Waals surface area (Å²) in [6.45, 7) is 5.99. The minimum atomic E-state index is -0.453. The first kappa shape index (κ1) is 13.2. The maximum absolute atomic E-state index is 9.89. The van der Waals surface area contributed by atoms with Crippen LogP contribution in [0.15, 0.2) is 30.3 Å². The van der Waals surface area contributed by atoms with Crippen molar-refractivity contribution in [3.05, 3.63) is 35.9 Å². The van der Waals surface area contributed by atoms with Crippen molar-refractivity contribution in [2.24, 2.45) is 0 Å². The van der Waals surface area contributed by atoms with Crippen molar-refractivity contribution in [1.82, 2.24) is 5.32 Å². The Morgan fingerprint density at radius 3 is 2.62 bits per heavy atom. The Morgan fingerprint density at radius 1 is 1.31 bits per heavy atom. The Kier molecular flexibility index (Phi) is 6.08. The van der Waals surface area contributed by atoms with Crippen LogP contribution in [0, 0.1) is 0 Å². The number of nitrogens with one attached hydrogen (secondary N) is 1. The molecule has 2 unspecified atom stereocenters. The van der Waals surface area contributed by atoms with Crippen molar-refractivity contribution in [3.63, 3.8) is 0 Å². The van der Waals surface area contributed by atoms with Crippen LogP contribution in [-0.2, 0) is 4.74 Å². The molecule has 0 aliphatic heterocycles. The zero-order chi connectivity index (χ0) is 11.8. The van der Waals surface area contributed by atoms with Gasteiger partial charge in [-0.25, -0.2) is 0 Å². The first-order chi connectivity index (χ1) is 7.74. The second kappa shape index (κ2) is 7.39. The monoisotopic (exact) mass is 223 g/mol. The van der Waals surface area contributed by atoms with E-state index in [4.69, 9.17) is 4.74 Å². The summed E-state index contributed by atoms with van der Waals surface area (Å²) in [7, 11) is 0. The molecule has 16 heavy (non-hydrogen) atoms. The molecule has 0 saturated heterocycles. The number of hydrogen-bond acceptors (Lipinski definition) is 3. The van der Waals surface area contributed by atoms with Crippen molar-refractivity contribution in [3.8, 4) is 0 Å². The molecular formula is C13H21NO2. The Balaban J connectivity index is 2.27. The normalized spacial score (nSPS) is 14.7. The molecule has 0 heterocycles. The molecule has 2 atom stereocenters. The van der Waals surface area contributed by atoms with E-state index in [0.29, 0.717) is 13.2 Å². The van der Waals surface area contributed by atoms with Gasteiger partial charge in [-0.3, -0.25) is 0 Å². The van der Waals surface area contributed by atoms with Gasteiger partial charge in [0.25, 0.3) is 0 Å². The molecule has 2 N–H and O–H groups in total. The summed E-state index contributed by atoms with van der Waals surface area (Å²) in [4.78, 5) is 0. The fourth-order valence-electron chi connectivity index (χ4n) is 1.46. The predicted molar refractivity (Wildman–Crippen MR) is 65.4 cm³/mol. The quantitative estimate of drug-likeness (QED) is 0.739. The van der Waals surface area contributed by atoms with Crippen LogP contribution in [0.3, 0.4) is 0 Å². The molecule has 3 nitrogen and oxygen atoms in total. The summed E-state index contributed by atoms with van der Waals surface area (Å²) in [5.74, 6) is 0. The lowest BCUT2D eigenvalue weighted by molar-refractivity contribution is 0.116. The fraction of sp³-hybridized carbons (Fsp3) is 0.538. The fourth-order valence-corrected chi connectivity index (χ4v) is 1.46. The molecule has 0 fully saturated rings. The van der Waals surface area contributed by atoms with E-state index in [1.165, 1.54) is 0 Å². The van der Waals surface area contributed by atoms with Gasteiger partial charge in [0.15, 0.2) is 0 Å². The van der Waals surface area contributed by atoms with E-state index < -0.39 is 6.10 Å². The first-order valence-corrected chi connectivity index (χ1v) is 5.78. The summed E-state index contributed by atoms with van der Waals surface area (Å²) in [5, 5.41) is 13.1. The van der Waals surface area contributed by atoms with Gasteiger partial charge >= 0.3 is 0 Å². The van der Waals surface area contributed by atoms with E-state index in [2.05, 4.69) is 5.32 Å². The third-order valence-electron chi connectivity index (χ3n) is 2.42. The molecule has 0 aliphatic rings. The Labute approximate surface area is 97.4 Å². The van der Waals surface area contributed by atoms with E-state index in [0.717, 1.165) is 12.2 Å². The van der Waals surface area contributed by atoms with Crippen LogP contribution in [-0.4, -0.2) is 30.9 Å². The lowest BCUT2D eigenvalue weighted by atomic mass is 10.1. The van der Waals surface area contributed by atoms with Crippen molar-refractivity contribution in [1.29, 1.82) is 0 Å². The van der Waals surface area contributed by atoms with Crippen LogP contribution in [0.4, 0.5) is 0 Å². The highest BCUT2D eigenvalue weighted by Crippen LogP contribution is 2.10. The van der Waals surface area contributed by atoms with Gasteiger partial charge in [0.2, 0.25) is 0 Å². The summed E-state index contributed by atoms with van der Waals surface area (Å²) in [6, 6.07) is 9.93. The van der Waals surface area contributed by atoms with Gasteiger partial charge in [-0.15, -0.1) is 0 Å². The van der Waals surface area contributed by atoms with Crippen molar-refractivity contribution in [2.45, 2.75) is 26.0 Å². The van der Waals surface area contributed by atoms with E-state index in [1.54, 1.807) is 0 Å². The van der Waals surface area contributed by atoms with Crippen LogP contribution in [0.2, 0.25) is 0 Å². The van der Waals surface area contributed by atoms with Gasteiger partial charge < -0.3 is 15.2 Å². The lowest BCUT2D eigenvalue weighted by Gasteiger charge is -2.17. The van der Waals surface area contributed by atoms with Gasteiger partial charge in [-0.2, -0.15) is 0 Å². The molecule has 90 valence electrons. The lowest BCUT2D eigenvalue weighted by Crippen LogP contribution is -2.33. The average molecular weight is 223 g/mol. The van der Waals surface area contributed by atoms with Gasteiger partial charge in [0.05, 0.1) is 12.7 Å². The molecule has 3 heteroatoms. The zero-order valence-electron chi connectivity index (χ0n) is 10.0.